The third-order valence-corrected chi connectivity index (χ3v) is 5.29. The number of carbonyl (C=O) groups excluding carboxylic acids is 1. The van der Waals surface area contributed by atoms with Crippen molar-refractivity contribution in [3.63, 3.8) is 0 Å². The second-order valence-corrected chi connectivity index (χ2v) is 7.47. The maximum Gasteiger partial charge on any atom is 0.278 e. The molecule has 3 aromatic rings. The fourth-order valence-corrected chi connectivity index (χ4v) is 3.68. The monoisotopic (exact) mass is 429 g/mol. The molecule has 1 aliphatic heterocycles. The van der Waals surface area contributed by atoms with Crippen LogP contribution in [0.3, 0.4) is 0 Å². The average Bonchev–Trinajstić information content (AvgIpc) is 2.81. The summed E-state index contributed by atoms with van der Waals surface area (Å²) in [5.74, 6) is -0.384. The molecule has 0 unspecified atom stereocenters. The average molecular weight is 429 g/mol. The molecule has 10 heteroatoms. The molecule has 32 heavy (non-hydrogen) atoms. The van der Waals surface area contributed by atoms with E-state index in [1.54, 1.807) is 18.6 Å². The highest BCUT2D eigenvalue weighted by Gasteiger charge is 2.20. The van der Waals surface area contributed by atoms with Gasteiger partial charge in [-0.25, -0.2) is 9.97 Å². The standard InChI is InChI=1S/C22H24BN7O2/c1-14-10-15(11-27-23)2-3-16(14)17-13-26-21(24)20(28-17)22(31)29-18-12-25-5-4-19(18)30-6-8-32-9-7-30/h2-5,10,12-13,27H,6-9,11H2,1H3,(H2,24,26)(H,29,31). The fourth-order valence-electron chi connectivity index (χ4n) is 3.68. The molecule has 4 rings (SSSR count). The molecule has 0 bridgehead atoms. The number of aromatic nitrogens is 3. The van der Waals surface area contributed by atoms with Gasteiger partial charge in [0.25, 0.3) is 5.91 Å². The van der Waals surface area contributed by atoms with Gasteiger partial charge in [-0.3, -0.25) is 9.78 Å². The van der Waals surface area contributed by atoms with Gasteiger partial charge >= 0.3 is 0 Å². The number of amides is 1. The lowest BCUT2D eigenvalue weighted by Crippen LogP contribution is -2.36. The predicted molar refractivity (Wildman–Crippen MR) is 124 cm³/mol. The van der Waals surface area contributed by atoms with E-state index in [9.17, 15) is 4.79 Å². The molecular formula is C22H24BN7O2. The zero-order valence-corrected chi connectivity index (χ0v) is 17.8. The minimum atomic E-state index is -0.444. The molecule has 0 saturated carbocycles. The minimum absolute atomic E-state index is 0.0599. The number of nitrogens with two attached hydrogens (primary N) is 1. The summed E-state index contributed by atoms with van der Waals surface area (Å²) in [6, 6.07) is 7.76. The van der Waals surface area contributed by atoms with E-state index in [1.807, 2.05) is 31.2 Å². The number of hydrogen-bond donors (Lipinski definition) is 3. The number of pyridine rings is 1. The Balaban J connectivity index is 1.61. The van der Waals surface area contributed by atoms with Gasteiger partial charge in [-0.15, -0.1) is 0 Å². The number of morpholine rings is 1. The van der Waals surface area contributed by atoms with Crippen LogP contribution in [0.4, 0.5) is 17.2 Å². The Morgan fingerprint density at radius 3 is 2.81 bits per heavy atom. The van der Waals surface area contributed by atoms with E-state index in [4.69, 9.17) is 18.5 Å². The Morgan fingerprint density at radius 2 is 2.06 bits per heavy atom. The Hall–Kier alpha value is -3.50. The SMILES string of the molecule is [B]NCc1ccc(-c2cnc(N)c(C(=O)Nc3cnccc3N3CCOCC3)n2)c(C)c1. The summed E-state index contributed by atoms with van der Waals surface area (Å²) in [5, 5.41) is 5.54. The minimum Gasteiger partial charge on any atom is -0.382 e. The van der Waals surface area contributed by atoms with Crippen LogP contribution in [-0.4, -0.2) is 55.1 Å². The van der Waals surface area contributed by atoms with Gasteiger partial charge in [0, 0.05) is 31.4 Å². The number of carbonyl (C=O) groups is 1. The van der Waals surface area contributed by atoms with E-state index < -0.39 is 5.91 Å². The molecule has 2 radical (unpaired) electrons. The molecule has 1 saturated heterocycles. The van der Waals surface area contributed by atoms with Crippen molar-refractivity contribution in [1.29, 1.82) is 0 Å². The summed E-state index contributed by atoms with van der Waals surface area (Å²) < 4.78 is 5.42. The normalized spacial score (nSPS) is 13.7. The number of nitrogen functional groups attached to an aromatic ring is 1. The first kappa shape index (κ1) is 21.7. The number of nitrogens with zero attached hydrogens (tertiary/aromatic N) is 4. The molecule has 3 heterocycles. The second-order valence-electron chi connectivity index (χ2n) is 7.47. The Morgan fingerprint density at radius 1 is 1.25 bits per heavy atom. The number of benzene rings is 1. The van der Waals surface area contributed by atoms with Gasteiger partial charge in [-0.05, 0) is 24.1 Å². The quantitative estimate of drug-likeness (QED) is 0.507. The zero-order valence-electron chi connectivity index (χ0n) is 17.8. The van der Waals surface area contributed by atoms with Crippen molar-refractivity contribution < 1.29 is 9.53 Å². The van der Waals surface area contributed by atoms with Crippen LogP contribution in [0.15, 0.2) is 42.9 Å². The first-order valence-corrected chi connectivity index (χ1v) is 10.3. The largest absolute Gasteiger partial charge is 0.382 e. The molecule has 2 aromatic heterocycles. The van der Waals surface area contributed by atoms with Crippen molar-refractivity contribution in [1.82, 2.24) is 20.2 Å². The van der Waals surface area contributed by atoms with Crippen LogP contribution >= 0.6 is 0 Å². The number of anilines is 3. The summed E-state index contributed by atoms with van der Waals surface area (Å²) in [6.45, 7) is 5.26. The van der Waals surface area contributed by atoms with Crippen LogP contribution in [-0.2, 0) is 11.3 Å². The molecule has 0 atom stereocenters. The lowest BCUT2D eigenvalue weighted by molar-refractivity contribution is 0.102. The van der Waals surface area contributed by atoms with Crippen LogP contribution in [0, 0.1) is 6.92 Å². The second kappa shape index (κ2) is 9.76. The molecule has 1 amide bonds. The van der Waals surface area contributed by atoms with E-state index in [0.29, 0.717) is 31.1 Å². The summed E-state index contributed by atoms with van der Waals surface area (Å²) >= 11 is 0. The Kier molecular flexibility index (Phi) is 6.62. The first-order valence-electron chi connectivity index (χ1n) is 10.3. The lowest BCUT2D eigenvalue weighted by atomic mass is 10.0. The molecule has 4 N–H and O–H groups in total. The van der Waals surface area contributed by atoms with Crippen molar-refractivity contribution in [3.05, 3.63) is 59.7 Å². The lowest BCUT2D eigenvalue weighted by Gasteiger charge is -2.30. The van der Waals surface area contributed by atoms with Gasteiger partial charge in [0.05, 0.1) is 42.7 Å². The first-order chi connectivity index (χ1) is 15.6. The third kappa shape index (κ3) is 4.71. The molecule has 1 aliphatic rings. The van der Waals surface area contributed by atoms with E-state index in [0.717, 1.165) is 35.5 Å². The number of nitrogens with one attached hydrogen (secondary N) is 2. The summed E-state index contributed by atoms with van der Waals surface area (Å²) in [7, 11) is 5.41. The highest BCUT2D eigenvalue weighted by Crippen LogP contribution is 2.27. The molecule has 1 fully saturated rings. The topological polar surface area (TPSA) is 118 Å². The van der Waals surface area contributed by atoms with Crippen molar-refractivity contribution in [2.45, 2.75) is 13.5 Å². The van der Waals surface area contributed by atoms with Gasteiger partial charge in [0.2, 0.25) is 0 Å². The predicted octanol–water partition coefficient (Wildman–Crippen LogP) is 1.69. The van der Waals surface area contributed by atoms with Crippen LogP contribution in [0.1, 0.15) is 21.6 Å². The van der Waals surface area contributed by atoms with Gasteiger partial charge in [0.15, 0.2) is 19.5 Å². The van der Waals surface area contributed by atoms with Crippen molar-refractivity contribution >= 4 is 31.1 Å². The van der Waals surface area contributed by atoms with Crippen molar-refractivity contribution in [2.75, 3.05) is 42.3 Å². The number of rotatable bonds is 6. The van der Waals surface area contributed by atoms with Crippen LogP contribution in [0.5, 0.6) is 0 Å². The Labute approximate surface area is 187 Å². The van der Waals surface area contributed by atoms with Gasteiger partial charge in [-0.2, -0.15) is 0 Å². The van der Waals surface area contributed by atoms with Crippen LogP contribution in [0.25, 0.3) is 11.3 Å². The third-order valence-electron chi connectivity index (χ3n) is 5.29. The number of ether oxygens (including phenoxy) is 1. The molecule has 162 valence electrons. The zero-order chi connectivity index (χ0) is 22.5. The van der Waals surface area contributed by atoms with E-state index >= 15 is 0 Å². The Bertz CT molecular complexity index is 1120. The van der Waals surface area contributed by atoms with Crippen LogP contribution in [0.2, 0.25) is 0 Å². The highest BCUT2D eigenvalue weighted by molar-refractivity contribution is 6.07. The van der Waals surface area contributed by atoms with Gasteiger partial charge in [-0.1, -0.05) is 18.2 Å². The molecule has 1 aromatic carbocycles. The van der Waals surface area contributed by atoms with E-state index in [2.05, 4.69) is 30.4 Å². The van der Waals surface area contributed by atoms with Gasteiger partial charge < -0.3 is 25.9 Å². The smallest absolute Gasteiger partial charge is 0.278 e. The molecular weight excluding hydrogens is 405 g/mol. The molecule has 9 nitrogen and oxygen atoms in total. The summed E-state index contributed by atoms with van der Waals surface area (Å²) in [4.78, 5) is 28.1. The fraction of sp³-hybridized carbons (Fsp3) is 0.273. The van der Waals surface area contributed by atoms with E-state index in [1.165, 1.54) is 0 Å². The highest BCUT2D eigenvalue weighted by atomic mass is 16.5. The maximum absolute atomic E-state index is 13.1. The van der Waals surface area contributed by atoms with Gasteiger partial charge in [0.1, 0.15) is 0 Å². The van der Waals surface area contributed by atoms with Crippen molar-refractivity contribution in [2.24, 2.45) is 0 Å². The maximum atomic E-state index is 13.1. The summed E-state index contributed by atoms with van der Waals surface area (Å²) in [6.07, 6.45) is 4.88. The molecule has 0 spiro atoms. The molecule has 0 aliphatic carbocycles. The number of hydrogen-bond acceptors (Lipinski definition) is 8. The number of aryl methyl sites for hydroxylation is 1. The van der Waals surface area contributed by atoms with E-state index in [-0.39, 0.29) is 11.5 Å². The van der Waals surface area contributed by atoms with Crippen LogP contribution < -0.4 is 21.2 Å². The van der Waals surface area contributed by atoms with Crippen molar-refractivity contribution in [3.8, 4) is 11.3 Å². The summed E-state index contributed by atoms with van der Waals surface area (Å²) in [5.41, 5.74) is 11.0.